The minimum atomic E-state index is -0.792. The zero-order valence-electron chi connectivity index (χ0n) is 37.3. The third kappa shape index (κ3) is 44.1. The first-order chi connectivity index (χ1) is 28.0. The van der Waals surface area contributed by atoms with E-state index in [1.54, 1.807) is 0 Å². The molecule has 6 heteroatoms. The maximum Gasteiger partial charge on any atom is 0.306 e. The van der Waals surface area contributed by atoms with Crippen LogP contribution in [-0.4, -0.2) is 37.2 Å². The van der Waals surface area contributed by atoms with Gasteiger partial charge in [-0.25, -0.2) is 0 Å². The maximum absolute atomic E-state index is 12.7. The zero-order chi connectivity index (χ0) is 41.5. The summed E-state index contributed by atoms with van der Waals surface area (Å²) in [5.74, 6) is -0.942. The van der Waals surface area contributed by atoms with E-state index < -0.39 is 6.10 Å². The molecule has 0 saturated heterocycles. The van der Waals surface area contributed by atoms with Crippen LogP contribution in [0, 0.1) is 0 Å². The lowest BCUT2D eigenvalue weighted by Crippen LogP contribution is -2.30. The van der Waals surface area contributed by atoms with Gasteiger partial charge < -0.3 is 14.2 Å². The van der Waals surface area contributed by atoms with Gasteiger partial charge in [0, 0.05) is 19.3 Å². The Morgan fingerprint density at radius 1 is 0.368 bits per heavy atom. The van der Waals surface area contributed by atoms with Gasteiger partial charge in [0.25, 0.3) is 0 Å². The van der Waals surface area contributed by atoms with Crippen LogP contribution in [0.3, 0.4) is 0 Å². The van der Waals surface area contributed by atoms with E-state index in [-0.39, 0.29) is 31.1 Å². The lowest BCUT2D eigenvalue weighted by atomic mass is 10.1. The van der Waals surface area contributed by atoms with Crippen LogP contribution in [0.4, 0.5) is 0 Å². The summed E-state index contributed by atoms with van der Waals surface area (Å²) in [6.07, 6.45) is 54.8. The van der Waals surface area contributed by atoms with Gasteiger partial charge in [-0.15, -0.1) is 0 Å². The van der Waals surface area contributed by atoms with Gasteiger partial charge in [-0.2, -0.15) is 0 Å². The Labute approximate surface area is 351 Å². The van der Waals surface area contributed by atoms with Gasteiger partial charge in [-0.05, 0) is 103 Å². The van der Waals surface area contributed by atoms with Crippen LogP contribution in [-0.2, 0) is 28.6 Å². The molecule has 0 aliphatic rings. The van der Waals surface area contributed by atoms with Crippen LogP contribution in [0.15, 0.2) is 60.8 Å². The number of rotatable bonds is 42. The van der Waals surface area contributed by atoms with E-state index in [1.807, 2.05) is 0 Å². The van der Waals surface area contributed by atoms with Crippen LogP contribution in [0.25, 0.3) is 0 Å². The van der Waals surface area contributed by atoms with Gasteiger partial charge in [0.15, 0.2) is 6.10 Å². The van der Waals surface area contributed by atoms with Crippen molar-refractivity contribution in [1.82, 2.24) is 0 Å². The molecular formula is C51H88O6. The van der Waals surface area contributed by atoms with E-state index in [9.17, 15) is 14.4 Å². The van der Waals surface area contributed by atoms with E-state index in [0.717, 1.165) is 109 Å². The molecule has 0 aliphatic heterocycles. The Hall–Kier alpha value is -2.89. The minimum Gasteiger partial charge on any atom is -0.462 e. The second-order valence-electron chi connectivity index (χ2n) is 15.6. The Kier molecular flexibility index (Phi) is 43.5. The lowest BCUT2D eigenvalue weighted by Gasteiger charge is -2.18. The van der Waals surface area contributed by atoms with Crippen molar-refractivity contribution in [2.75, 3.05) is 13.2 Å². The summed E-state index contributed by atoms with van der Waals surface area (Å²) in [6, 6.07) is 0. The molecule has 0 aromatic carbocycles. The Morgan fingerprint density at radius 2 is 0.684 bits per heavy atom. The second-order valence-corrected chi connectivity index (χ2v) is 15.6. The molecule has 0 amide bonds. The first-order valence-electron chi connectivity index (χ1n) is 23.8. The molecule has 0 saturated carbocycles. The van der Waals surface area contributed by atoms with Crippen LogP contribution in [0.5, 0.6) is 0 Å². The summed E-state index contributed by atoms with van der Waals surface area (Å²) in [5.41, 5.74) is 0. The predicted molar refractivity (Wildman–Crippen MR) is 242 cm³/mol. The highest BCUT2D eigenvalue weighted by Gasteiger charge is 2.19. The molecule has 0 bridgehead atoms. The number of ether oxygens (including phenoxy) is 3. The summed E-state index contributed by atoms with van der Waals surface area (Å²) in [7, 11) is 0. The number of carbonyl (C=O) groups is 3. The van der Waals surface area contributed by atoms with Crippen molar-refractivity contribution in [3.63, 3.8) is 0 Å². The highest BCUT2D eigenvalue weighted by molar-refractivity contribution is 5.71. The Morgan fingerprint density at radius 3 is 1.14 bits per heavy atom. The topological polar surface area (TPSA) is 78.9 Å². The van der Waals surface area contributed by atoms with E-state index >= 15 is 0 Å². The third-order valence-corrected chi connectivity index (χ3v) is 9.98. The van der Waals surface area contributed by atoms with E-state index in [0.29, 0.717) is 19.3 Å². The highest BCUT2D eigenvalue weighted by atomic mass is 16.6. The van der Waals surface area contributed by atoms with E-state index in [4.69, 9.17) is 14.2 Å². The Bertz CT molecular complexity index is 1050. The molecule has 1 unspecified atom stereocenters. The third-order valence-electron chi connectivity index (χ3n) is 9.98. The number of esters is 3. The van der Waals surface area contributed by atoms with Gasteiger partial charge in [0.2, 0.25) is 0 Å². The van der Waals surface area contributed by atoms with Gasteiger partial charge >= 0.3 is 17.9 Å². The highest BCUT2D eigenvalue weighted by Crippen LogP contribution is 2.13. The van der Waals surface area contributed by atoms with Crippen molar-refractivity contribution >= 4 is 17.9 Å². The van der Waals surface area contributed by atoms with Crippen LogP contribution < -0.4 is 0 Å². The molecule has 0 N–H and O–H groups in total. The molecule has 0 aromatic rings. The smallest absolute Gasteiger partial charge is 0.306 e. The van der Waals surface area contributed by atoms with Gasteiger partial charge in [-0.1, -0.05) is 165 Å². The van der Waals surface area contributed by atoms with Crippen molar-refractivity contribution < 1.29 is 28.6 Å². The van der Waals surface area contributed by atoms with Crippen molar-refractivity contribution in [2.45, 2.75) is 232 Å². The molecule has 6 nitrogen and oxygen atoms in total. The number of unbranched alkanes of at least 4 members (excludes halogenated alkanes) is 21. The van der Waals surface area contributed by atoms with Crippen molar-refractivity contribution in [1.29, 1.82) is 0 Å². The van der Waals surface area contributed by atoms with Gasteiger partial charge in [0.1, 0.15) is 13.2 Å². The normalized spacial score (nSPS) is 12.5. The molecule has 0 rings (SSSR count). The summed E-state index contributed by atoms with van der Waals surface area (Å²) in [4.78, 5) is 37.8. The quantitative estimate of drug-likeness (QED) is 0.0265. The minimum absolute atomic E-state index is 0.0922. The fourth-order valence-electron chi connectivity index (χ4n) is 6.38. The van der Waals surface area contributed by atoms with Gasteiger partial charge in [-0.3, -0.25) is 14.4 Å². The van der Waals surface area contributed by atoms with Crippen molar-refractivity contribution in [3.8, 4) is 0 Å². The van der Waals surface area contributed by atoms with Crippen LogP contribution >= 0.6 is 0 Å². The maximum atomic E-state index is 12.7. The predicted octanol–water partition coefficient (Wildman–Crippen LogP) is 15.3. The second kappa shape index (κ2) is 45.8. The average Bonchev–Trinajstić information content (AvgIpc) is 3.21. The molecule has 0 fully saturated rings. The molecule has 0 radical (unpaired) electrons. The van der Waals surface area contributed by atoms with Gasteiger partial charge in [0.05, 0.1) is 0 Å². The standard InChI is InChI=1S/C51H88O6/c1-4-7-10-13-16-19-22-25-27-29-32-35-38-41-44-50(53)56-47-48(46-55-49(52)43-40-37-34-31-28-24-21-18-15-12-9-6-3)57-51(54)45-42-39-36-33-30-26-23-20-17-14-11-8-5-2/h7,10,16,18-19,21,25-27,30,48H,4-6,8-9,11-15,17,20,22-24,28-29,31-47H2,1-3H3/b10-7-,19-16-,21-18-,27-25-,30-26-. The molecule has 0 aliphatic carbocycles. The monoisotopic (exact) mass is 797 g/mol. The number of allylic oxidation sites excluding steroid dienone is 10. The average molecular weight is 797 g/mol. The fourth-order valence-corrected chi connectivity index (χ4v) is 6.38. The lowest BCUT2D eigenvalue weighted by molar-refractivity contribution is -0.167. The van der Waals surface area contributed by atoms with Crippen LogP contribution in [0.1, 0.15) is 226 Å². The SMILES string of the molecule is CC/C=C\C/C=C\C/C=C\CCCCCCC(=O)OCC(COC(=O)CCCCCCC/C=C\CCCCC)OC(=O)CCCCC/C=C\CCCCCCCC. The molecule has 328 valence electrons. The molecular weight excluding hydrogens is 709 g/mol. The summed E-state index contributed by atoms with van der Waals surface area (Å²) < 4.78 is 16.7. The molecule has 1 atom stereocenters. The molecule has 0 aromatic heterocycles. The number of hydrogen-bond donors (Lipinski definition) is 0. The summed E-state index contributed by atoms with van der Waals surface area (Å²) >= 11 is 0. The molecule has 57 heavy (non-hydrogen) atoms. The first-order valence-corrected chi connectivity index (χ1v) is 23.8. The zero-order valence-corrected chi connectivity index (χ0v) is 37.3. The number of carbonyl (C=O) groups excluding carboxylic acids is 3. The molecule has 0 heterocycles. The van der Waals surface area contributed by atoms with Crippen LogP contribution in [0.2, 0.25) is 0 Å². The van der Waals surface area contributed by atoms with E-state index in [1.165, 1.54) is 77.0 Å². The Balaban J connectivity index is 4.45. The van der Waals surface area contributed by atoms with E-state index in [2.05, 4.69) is 81.5 Å². The van der Waals surface area contributed by atoms with Crippen molar-refractivity contribution in [3.05, 3.63) is 60.8 Å². The first kappa shape index (κ1) is 54.1. The van der Waals surface area contributed by atoms with Crippen molar-refractivity contribution in [2.24, 2.45) is 0 Å². The largest absolute Gasteiger partial charge is 0.462 e. The number of hydrogen-bond acceptors (Lipinski definition) is 6. The summed E-state index contributed by atoms with van der Waals surface area (Å²) in [6.45, 7) is 6.44. The fraction of sp³-hybridized carbons (Fsp3) is 0.745. The molecule has 0 spiro atoms. The summed E-state index contributed by atoms with van der Waals surface area (Å²) in [5, 5.41) is 0.